The molecule has 6 aromatic rings. The van der Waals surface area contributed by atoms with Gasteiger partial charge in [-0.2, -0.15) is 0 Å². The van der Waals surface area contributed by atoms with Crippen molar-refractivity contribution < 1.29 is 0 Å². The highest BCUT2D eigenvalue weighted by Gasteiger charge is 2.27. The van der Waals surface area contributed by atoms with Crippen LogP contribution in [0.25, 0.3) is 55.6 Å². The molecule has 0 atom stereocenters. The quantitative estimate of drug-likeness (QED) is 0.0974. The van der Waals surface area contributed by atoms with Crippen LogP contribution in [0.15, 0.2) is 121 Å². The fraction of sp³-hybridized carbons (Fsp3) is 0.100. The number of hydrogen-bond acceptors (Lipinski definition) is 6. The Kier molecular flexibility index (Phi) is 8.97. The molecule has 6 rings (SSSR count). The van der Waals surface area contributed by atoms with Crippen LogP contribution in [-0.4, -0.2) is 0 Å². The first-order valence-electron chi connectivity index (χ1n) is 15.5. The van der Waals surface area contributed by atoms with Crippen molar-refractivity contribution in [3.05, 3.63) is 144 Å². The smallest absolute Gasteiger partial charge is 0.0486 e. The zero-order valence-electron chi connectivity index (χ0n) is 25.8. The average Bonchev–Trinajstić information content (AvgIpc) is 3.12. The van der Waals surface area contributed by atoms with Crippen LogP contribution in [0.3, 0.4) is 0 Å². The Morgan fingerprint density at radius 2 is 0.500 bits per heavy atom. The molecule has 0 bridgehead atoms. The van der Waals surface area contributed by atoms with E-state index >= 15 is 0 Å². The molecule has 0 aliphatic heterocycles. The molecule has 0 aromatic heterocycles. The van der Waals surface area contributed by atoms with Gasteiger partial charge in [0.05, 0.1) is 0 Å². The minimum atomic E-state index is 0.455. The fourth-order valence-corrected chi connectivity index (χ4v) is 6.11. The Balaban J connectivity index is 1.83. The molecule has 0 fully saturated rings. The van der Waals surface area contributed by atoms with Crippen LogP contribution in [0, 0.1) is 0 Å². The number of nitrogen functional groups attached to an aromatic ring is 2. The lowest BCUT2D eigenvalue weighted by Crippen LogP contribution is -2.05. The molecule has 0 aliphatic rings. The molecule has 46 heavy (non-hydrogen) atoms. The van der Waals surface area contributed by atoms with Crippen LogP contribution in [0.1, 0.15) is 22.3 Å². The van der Waals surface area contributed by atoms with Gasteiger partial charge in [-0.05, 0) is 67.8 Å². The first kappa shape index (κ1) is 30.8. The third kappa shape index (κ3) is 5.90. The molecule has 6 nitrogen and oxygen atoms in total. The summed E-state index contributed by atoms with van der Waals surface area (Å²) in [5.41, 5.74) is 53.3. The minimum absolute atomic E-state index is 0.455. The van der Waals surface area contributed by atoms with E-state index in [0.717, 1.165) is 77.9 Å². The molecule has 0 saturated carbocycles. The Labute approximate surface area is 270 Å². The topological polar surface area (TPSA) is 156 Å². The van der Waals surface area contributed by atoms with E-state index in [-0.39, 0.29) is 0 Å². The lowest BCUT2D eigenvalue weighted by molar-refractivity contribution is 1.07. The maximum atomic E-state index is 7.44. The maximum Gasteiger partial charge on any atom is 0.0486 e. The van der Waals surface area contributed by atoms with E-state index in [4.69, 9.17) is 34.4 Å². The number of anilines is 2. The van der Waals surface area contributed by atoms with E-state index in [9.17, 15) is 0 Å². The van der Waals surface area contributed by atoms with E-state index in [1.807, 2.05) is 12.1 Å². The van der Waals surface area contributed by atoms with Crippen molar-refractivity contribution in [2.75, 3.05) is 11.5 Å². The zero-order valence-corrected chi connectivity index (χ0v) is 25.8. The van der Waals surface area contributed by atoms with Crippen molar-refractivity contribution in [3.63, 3.8) is 0 Å². The second-order valence-corrected chi connectivity index (χ2v) is 11.5. The zero-order chi connectivity index (χ0) is 32.2. The van der Waals surface area contributed by atoms with Crippen LogP contribution in [0.2, 0.25) is 0 Å². The highest BCUT2D eigenvalue weighted by molar-refractivity contribution is 6.13. The maximum absolute atomic E-state index is 7.44. The van der Waals surface area contributed by atoms with E-state index < -0.39 is 0 Å². The van der Waals surface area contributed by atoms with Gasteiger partial charge in [-0.25, -0.2) is 0 Å². The van der Waals surface area contributed by atoms with E-state index in [1.165, 1.54) is 0 Å². The minimum Gasteiger partial charge on any atom is -0.399 e. The third-order valence-corrected chi connectivity index (χ3v) is 8.65. The summed E-state index contributed by atoms with van der Waals surface area (Å²) in [6, 6.07) is 41.6. The van der Waals surface area contributed by atoms with Crippen LogP contribution in [0.4, 0.5) is 11.4 Å². The molecule has 230 valence electrons. The molecule has 0 spiro atoms. The van der Waals surface area contributed by atoms with Crippen molar-refractivity contribution >= 4 is 11.4 Å². The van der Waals surface area contributed by atoms with Gasteiger partial charge in [-0.1, -0.05) is 109 Å². The van der Waals surface area contributed by atoms with Crippen LogP contribution < -0.4 is 34.4 Å². The number of benzene rings is 6. The molecule has 0 saturated heterocycles. The second kappa shape index (κ2) is 13.4. The highest BCUT2D eigenvalue weighted by atomic mass is 14.6. The predicted molar refractivity (Wildman–Crippen MR) is 194 cm³/mol. The summed E-state index contributed by atoms with van der Waals surface area (Å²) in [5.74, 6) is 0. The lowest BCUT2D eigenvalue weighted by Gasteiger charge is -2.27. The molecule has 0 aliphatic carbocycles. The van der Waals surface area contributed by atoms with Gasteiger partial charge in [0.25, 0.3) is 0 Å². The predicted octanol–water partition coefficient (Wildman–Crippen LogP) is 7.02. The van der Waals surface area contributed by atoms with Crippen molar-refractivity contribution in [1.29, 1.82) is 0 Å². The van der Waals surface area contributed by atoms with Gasteiger partial charge < -0.3 is 34.4 Å². The summed E-state index contributed by atoms with van der Waals surface area (Å²) in [4.78, 5) is 0. The van der Waals surface area contributed by atoms with E-state index in [0.29, 0.717) is 37.6 Å². The third-order valence-electron chi connectivity index (χ3n) is 8.65. The average molecular weight is 605 g/mol. The van der Waals surface area contributed by atoms with Gasteiger partial charge in [-0.15, -0.1) is 0 Å². The largest absolute Gasteiger partial charge is 0.399 e. The van der Waals surface area contributed by atoms with Gasteiger partial charge >= 0.3 is 0 Å². The van der Waals surface area contributed by atoms with Gasteiger partial charge in [-0.3, -0.25) is 0 Å². The fourth-order valence-electron chi connectivity index (χ4n) is 6.11. The second-order valence-electron chi connectivity index (χ2n) is 11.5. The van der Waals surface area contributed by atoms with E-state index in [2.05, 4.69) is 109 Å². The molecule has 0 unspecified atom stereocenters. The van der Waals surface area contributed by atoms with Crippen molar-refractivity contribution in [2.24, 2.45) is 22.9 Å². The molecule has 6 heteroatoms. The summed E-state index contributed by atoms with van der Waals surface area (Å²) >= 11 is 0. The first-order valence-corrected chi connectivity index (χ1v) is 15.5. The van der Waals surface area contributed by atoms with Crippen LogP contribution in [0.5, 0.6) is 0 Å². The van der Waals surface area contributed by atoms with Gasteiger partial charge in [0, 0.05) is 59.8 Å². The van der Waals surface area contributed by atoms with Crippen molar-refractivity contribution in [1.82, 2.24) is 0 Å². The molecular formula is C40H40N6. The Bertz CT molecular complexity index is 1820. The summed E-state index contributed by atoms with van der Waals surface area (Å²) in [5, 5.41) is 0. The molecule has 0 radical (unpaired) electrons. The Morgan fingerprint density at radius 3 is 0.761 bits per heavy atom. The summed E-state index contributed by atoms with van der Waals surface area (Å²) in [6.07, 6.45) is 0. The Hall–Kier alpha value is -5.24. The summed E-state index contributed by atoms with van der Waals surface area (Å²) < 4.78 is 0. The first-order chi connectivity index (χ1) is 22.4. The van der Waals surface area contributed by atoms with Crippen LogP contribution >= 0.6 is 0 Å². The van der Waals surface area contributed by atoms with E-state index in [1.54, 1.807) is 0 Å². The Morgan fingerprint density at radius 1 is 0.283 bits per heavy atom. The number of rotatable bonds is 9. The standard InChI is InChI=1S/C40H40N6/c41-21-25-1-9-29(10-2-25)36-35(31-17-19-34(45)20-18-31)37(30-11-3-26(22-42)4-12-30)39(33-15-7-28(24-44)8-16-33)40(46)38(36)32-13-5-27(23-43)6-14-32/h1-20H,21-24,41-46H2. The normalized spacial score (nSPS) is 11.1. The molecular weight excluding hydrogens is 564 g/mol. The SMILES string of the molecule is NCc1ccc(-c2c(N)c(-c3ccc(CN)cc3)c(-c3ccc(CN)cc3)c(-c3ccc(N)cc3)c2-c2ccc(CN)cc2)cc1. The number of hydrogen-bond donors (Lipinski definition) is 6. The van der Waals surface area contributed by atoms with Gasteiger partial charge in [0.1, 0.15) is 0 Å². The van der Waals surface area contributed by atoms with Crippen molar-refractivity contribution in [2.45, 2.75) is 26.2 Å². The lowest BCUT2D eigenvalue weighted by atomic mass is 9.77. The van der Waals surface area contributed by atoms with Gasteiger partial charge in [0.2, 0.25) is 0 Å². The summed E-state index contributed by atoms with van der Waals surface area (Å²) in [6.45, 7) is 1.82. The van der Waals surface area contributed by atoms with Gasteiger partial charge in [0.15, 0.2) is 0 Å². The molecule has 12 N–H and O–H groups in total. The molecule has 0 heterocycles. The summed E-state index contributed by atoms with van der Waals surface area (Å²) in [7, 11) is 0. The molecule has 0 amide bonds. The number of nitrogens with two attached hydrogens (primary N) is 6. The van der Waals surface area contributed by atoms with Crippen LogP contribution in [-0.2, 0) is 26.2 Å². The highest BCUT2D eigenvalue weighted by Crippen LogP contribution is 2.54. The molecule has 6 aromatic carbocycles. The van der Waals surface area contributed by atoms with Crippen molar-refractivity contribution in [3.8, 4) is 55.6 Å². The monoisotopic (exact) mass is 604 g/mol.